The highest BCUT2D eigenvalue weighted by Gasteiger charge is 2.29. The van der Waals surface area contributed by atoms with Crippen LogP contribution in [0.4, 0.5) is 0 Å². The van der Waals surface area contributed by atoms with Crippen molar-refractivity contribution in [1.82, 2.24) is 15.5 Å². The Labute approximate surface area is 379 Å². The van der Waals surface area contributed by atoms with E-state index in [4.69, 9.17) is 59.0 Å². The molecule has 0 saturated carbocycles. The minimum absolute atomic E-state index is 0.141. The van der Waals surface area contributed by atoms with Crippen LogP contribution in [-0.2, 0) is 75.2 Å². The molecule has 2 unspecified atom stereocenters. The van der Waals surface area contributed by atoms with E-state index in [-0.39, 0.29) is 75.5 Å². The van der Waals surface area contributed by atoms with Crippen LogP contribution in [0, 0.1) is 0 Å². The summed E-state index contributed by atoms with van der Waals surface area (Å²) in [6, 6.07) is 14.0. The van der Waals surface area contributed by atoms with Gasteiger partial charge in [-0.1, -0.05) is 62.1 Å². The van der Waals surface area contributed by atoms with Crippen molar-refractivity contribution in [2.75, 3.05) is 147 Å². The zero-order valence-corrected chi connectivity index (χ0v) is 39.6. The third kappa shape index (κ3) is 26.6. The van der Waals surface area contributed by atoms with Crippen LogP contribution in [0.1, 0.15) is 32.3 Å². The molecular weight excluding hydrogens is 858 g/mol. The molecule has 0 aliphatic heterocycles. The summed E-state index contributed by atoms with van der Waals surface area (Å²) in [4.78, 5) is 55.2. The van der Waals surface area contributed by atoms with Crippen molar-refractivity contribution in [2.45, 2.75) is 44.8 Å². The topological polar surface area (TPSA) is 194 Å². The highest BCUT2D eigenvalue weighted by Crippen LogP contribution is 2.43. The molecule has 2 atom stereocenters. The lowest BCUT2D eigenvalue weighted by Gasteiger charge is -2.32. The maximum atomic E-state index is 14.1. The largest absolute Gasteiger partial charge is 0.791 e. The van der Waals surface area contributed by atoms with Crippen LogP contribution in [-0.4, -0.2) is 181 Å². The van der Waals surface area contributed by atoms with Gasteiger partial charge in [-0.15, -0.1) is 0 Å². The normalized spacial score (nSPS) is 13.0. The summed E-state index contributed by atoms with van der Waals surface area (Å²) in [5.41, 5.74) is 2.32. The number of amides is 2. The molecule has 0 bridgehead atoms. The molecule has 17 nitrogen and oxygen atoms in total. The van der Waals surface area contributed by atoms with Gasteiger partial charge < -0.3 is 62.7 Å². The zero-order valence-electron chi connectivity index (χ0n) is 37.8. The predicted octanol–water partition coefficient (Wildman–Crippen LogP) is 2.64. The van der Waals surface area contributed by atoms with Gasteiger partial charge in [0.05, 0.1) is 112 Å². The lowest BCUT2D eigenvalue weighted by Crippen LogP contribution is -2.53. The number of benzene rings is 2. The van der Waals surface area contributed by atoms with Crippen LogP contribution in [0.2, 0.25) is 0 Å². The monoisotopic (exact) mass is 928 g/mol. The molecule has 2 aromatic rings. The summed E-state index contributed by atoms with van der Waals surface area (Å²) in [5.74, 6) is -0.429. The molecule has 358 valence electrons. The molecule has 0 spiro atoms. The maximum absolute atomic E-state index is 14.1. The first-order chi connectivity index (χ1) is 30.5. The average molecular weight is 929 g/mol. The Bertz CT molecular complexity index is 1520. The molecule has 2 amide bonds. The van der Waals surface area contributed by atoms with E-state index in [1.54, 1.807) is 52.2 Å². The second kappa shape index (κ2) is 35.3. The van der Waals surface area contributed by atoms with E-state index in [0.717, 1.165) is 16.7 Å². The lowest BCUT2D eigenvalue weighted by atomic mass is 9.99. The molecule has 0 aliphatic carbocycles. The second-order valence-corrected chi connectivity index (χ2v) is 18.3. The van der Waals surface area contributed by atoms with Crippen LogP contribution in [0.3, 0.4) is 0 Å². The van der Waals surface area contributed by atoms with Crippen LogP contribution in [0.5, 0.6) is 5.75 Å². The van der Waals surface area contributed by atoms with Gasteiger partial charge in [0.2, 0.25) is 11.8 Å². The fourth-order valence-electron chi connectivity index (χ4n) is 5.62. The van der Waals surface area contributed by atoms with Crippen molar-refractivity contribution < 1.29 is 66.4 Å². The molecular formula is C44H71N3O14PS-. The summed E-state index contributed by atoms with van der Waals surface area (Å²) in [7, 11) is 4.81. The predicted molar refractivity (Wildman–Crippen MR) is 242 cm³/mol. The number of ether oxygens (including phenoxy) is 9. The van der Waals surface area contributed by atoms with Crippen LogP contribution < -0.4 is 20.1 Å². The lowest BCUT2D eigenvalue weighted by molar-refractivity contribution is -0.177. The maximum Gasteiger partial charge on any atom is 0.237 e. The van der Waals surface area contributed by atoms with Crippen molar-refractivity contribution in [3.05, 3.63) is 54.1 Å². The van der Waals surface area contributed by atoms with Crippen LogP contribution >= 0.6 is 6.49 Å². The van der Waals surface area contributed by atoms with E-state index in [1.165, 1.54) is 0 Å². The molecule has 2 N–H and O–H groups in total. The molecule has 0 heterocycles. The van der Waals surface area contributed by atoms with E-state index >= 15 is 0 Å². The summed E-state index contributed by atoms with van der Waals surface area (Å²) in [6.07, 6.45) is 0.860. The van der Waals surface area contributed by atoms with E-state index in [0.29, 0.717) is 98.1 Å². The Hall–Kier alpha value is -2.94. The second-order valence-electron chi connectivity index (χ2n) is 14.5. The van der Waals surface area contributed by atoms with E-state index in [9.17, 15) is 19.3 Å². The van der Waals surface area contributed by atoms with E-state index in [1.807, 2.05) is 36.4 Å². The number of carbonyl (C=O) groups excluding carboxylic acids is 3. The Kier molecular flexibility index (Phi) is 31.5. The molecule has 0 aliphatic rings. The summed E-state index contributed by atoms with van der Waals surface area (Å²) < 4.78 is 53.7. The van der Waals surface area contributed by atoms with Gasteiger partial charge in [0.25, 0.3) is 0 Å². The van der Waals surface area contributed by atoms with Gasteiger partial charge in [0.15, 0.2) is 0 Å². The molecule has 0 fully saturated rings. The van der Waals surface area contributed by atoms with Gasteiger partial charge in [-0.25, -0.2) is 0 Å². The number of nitrogens with one attached hydrogen (secondary N) is 2. The fraction of sp³-hybridized carbons (Fsp3) is 0.659. The van der Waals surface area contributed by atoms with Crippen molar-refractivity contribution in [3.63, 3.8) is 0 Å². The fourth-order valence-corrected chi connectivity index (χ4v) is 6.50. The van der Waals surface area contributed by atoms with E-state index in [2.05, 4.69) is 10.6 Å². The molecule has 0 radical (unpaired) electrons. The number of hydrogen-bond acceptors (Lipinski definition) is 16. The zero-order chi connectivity index (χ0) is 46.0. The van der Waals surface area contributed by atoms with Gasteiger partial charge in [-0.3, -0.25) is 19.3 Å². The van der Waals surface area contributed by atoms with Crippen molar-refractivity contribution in [3.8, 4) is 16.9 Å². The number of hydrogen-bond donors (Lipinski definition) is 2. The van der Waals surface area contributed by atoms with Crippen LogP contribution in [0.25, 0.3) is 11.1 Å². The molecule has 0 saturated heterocycles. The first kappa shape index (κ1) is 56.2. The summed E-state index contributed by atoms with van der Waals surface area (Å²) in [6.45, 7) is 6.38. The third-order valence-electron chi connectivity index (χ3n) is 9.18. The van der Waals surface area contributed by atoms with Gasteiger partial charge >= 0.3 is 0 Å². The van der Waals surface area contributed by atoms with Gasteiger partial charge in [-0.2, -0.15) is 0 Å². The third-order valence-corrected chi connectivity index (χ3v) is 12.4. The van der Waals surface area contributed by atoms with Gasteiger partial charge in [0.1, 0.15) is 11.5 Å². The Morgan fingerprint density at radius 1 is 0.619 bits per heavy atom. The summed E-state index contributed by atoms with van der Waals surface area (Å²) >= 11 is 5.18. The molecule has 19 heteroatoms. The number of ketones is 1. The molecule has 2 aromatic carbocycles. The van der Waals surface area contributed by atoms with Crippen molar-refractivity contribution in [2.24, 2.45) is 0 Å². The Morgan fingerprint density at radius 2 is 1.06 bits per heavy atom. The molecule has 2 rings (SSSR count). The van der Waals surface area contributed by atoms with Crippen molar-refractivity contribution >= 4 is 35.9 Å². The first-order valence-corrected chi connectivity index (χ1v) is 24.1. The minimum atomic E-state index is -3.22. The number of rotatable bonds is 40. The van der Waals surface area contributed by atoms with Gasteiger partial charge in [0, 0.05) is 59.6 Å². The number of Topliss-reactive ketones (excluding diaryl/α,β-unsaturated/α-hetero) is 1. The first-order valence-electron chi connectivity index (χ1n) is 21.4. The molecule has 63 heavy (non-hydrogen) atoms. The standard InChI is InChI=1S/C44H72N3O14PS/c1-36(2)62(51,63)61-41-14-12-39(13-15-41)38-10-8-37(9-11-38)33-42(44(50)46-17-20-57-29-32-60-26-23-54-5)47(34-40(48)7-6-18-55-27-30-58-24-21-52-3)35-43(49)45-16-19-56-28-31-59-25-22-53-4/h8-15,36,42H,6-7,16-35H2,1-5H3,(H,45,49)(H,46,50)(H,51,63)/p-1. The Morgan fingerprint density at radius 3 is 1.56 bits per heavy atom. The smallest absolute Gasteiger partial charge is 0.237 e. The van der Waals surface area contributed by atoms with E-state index < -0.39 is 12.5 Å². The van der Waals surface area contributed by atoms with Crippen LogP contribution in [0.15, 0.2) is 48.5 Å². The van der Waals surface area contributed by atoms with Gasteiger partial charge in [-0.05, 0) is 41.7 Å². The number of carbonyl (C=O) groups is 3. The Balaban J connectivity index is 2.21. The number of nitrogens with zero attached hydrogens (tertiary/aromatic N) is 1. The minimum Gasteiger partial charge on any atom is -0.791 e. The number of methoxy groups -OCH3 is 3. The quantitative estimate of drug-likeness (QED) is 0.0732. The highest BCUT2D eigenvalue weighted by atomic mass is 32.5. The SMILES string of the molecule is COCCOCCOCCCC(=O)CN(CC(=O)NCCOCCOCCOC)C(Cc1ccc(-c2ccc(OP([O-])(=S)C(C)C)cc2)cc1)C(=O)NCCOCCOCCOC. The van der Waals surface area contributed by atoms with Crippen molar-refractivity contribution in [1.29, 1.82) is 0 Å². The summed E-state index contributed by atoms with van der Waals surface area (Å²) in [5, 5.41) is 5.80. The average Bonchev–Trinajstić information content (AvgIpc) is 3.26. The molecule has 0 aromatic heterocycles. The highest BCUT2D eigenvalue weighted by molar-refractivity contribution is 8.09.